The number of aliphatic hydroxyl groups excluding tert-OH is 1. The molecule has 4 fully saturated rings. The number of fused-ring (bicyclic) bond motifs is 2. The SMILES string of the molecule is Cc1cc(N2CC[C@](C)(c3ccccc3)C2)cn2nc(C3OC4(CO)CC3(C(=O)O)C4)nc12. The summed E-state index contributed by atoms with van der Waals surface area (Å²) in [6.45, 7) is 5.99. The largest absolute Gasteiger partial charge is 0.481 e. The lowest BCUT2D eigenvalue weighted by atomic mass is 9.60. The van der Waals surface area contributed by atoms with Crippen LogP contribution in [0.1, 0.15) is 49.2 Å². The monoisotopic (exact) mass is 448 g/mol. The van der Waals surface area contributed by atoms with E-state index in [1.807, 2.05) is 19.2 Å². The number of ether oxygens (including phenoxy) is 1. The van der Waals surface area contributed by atoms with Gasteiger partial charge >= 0.3 is 5.97 Å². The van der Waals surface area contributed by atoms with Gasteiger partial charge in [0.15, 0.2) is 11.5 Å². The molecule has 2 aromatic heterocycles. The van der Waals surface area contributed by atoms with Crippen molar-refractivity contribution in [2.24, 2.45) is 5.41 Å². The van der Waals surface area contributed by atoms with Gasteiger partial charge in [-0.05, 0) is 43.4 Å². The number of rotatable bonds is 5. The van der Waals surface area contributed by atoms with Gasteiger partial charge in [0.2, 0.25) is 0 Å². The van der Waals surface area contributed by atoms with Crippen molar-refractivity contribution in [3.63, 3.8) is 0 Å². The van der Waals surface area contributed by atoms with Crippen LogP contribution in [0.5, 0.6) is 0 Å². The minimum Gasteiger partial charge on any atom is -0.481 e. The number of aliphatic hydroxyl groups is 1. The van der Waals surface area contributed by atoms with Crippen molar-refractivity contribution < 1.29 is 19.7 Å². The summed E-state index contributed by atoms with van der Waals surface area (Å²) in [5.41, 5.74) is 2.35. The second-order valence-corrected chi connectivity index (χ2v) is 10.4. The highest BCUT2D eigenvalue weighted by molar-refractivity contribution is 5.78. The highest BCUT2D eigenvalue weighted by Gasteiger charge is 2.73. The van der Waals surface area contributed by atoms with E-state index in [0.29, 0.717) is 24.3 Å². The second-order valence-electron chi connectivity index (χ2n) is 10.4. The molecule has 2 bridgehead atoms. The number of aryl methyl sites for hydroxylation is 1. The smallest absolute Gasteiger partial charge is 0.313 e. The molecule has 172 valence electrons. The van der Waals surface area contributed by atoms with Crippen molar-refractivity contribution in [1.29, 1.82) is 0 Å². The summed E-state index contributed by atoms with van der Waals surface area (Å²) in [6, 6.07) is 12.8. The van der Waals surface area contributed by atoms with Crippen LogP contribution in [0.3, 0.4) is 0 Å². The summed E-state index contributed by atoms with van der Waals surface area (Å²) in [4.78, 5) is 19.1. The number of nitrogens with zero attached hydrogens (tertiary/aromatic N) is 4. The topological polar surface area (TPSA) is 100 Å². The zero-order valence-electron chi connectivity index (χ0n) is 18.9. The van der Waals surface area contributed by atoms with Gasteiger partial charge in [-0.3, -0.25) is 4.79 Å². The number of anilines is 1. The zero-order valence-corrected chi connectivity index (χ0v) is 18.9. The van der Waals surface area contributed by atoms with Gasteiger partial charge in [0, 0.05) is 18.5 Å². The average molecular weight is 449 g/mol. The van der Waals surface area contributed by atoms with E-state index < -0.39 is 23.1 Å². The van der Waals surface area contributed by atoms with Crippen LogP contribution in [0, 0.1) is 12.3 Å². The first-order valence-electron chi connectivity index (χ1n) is 11.5. The van der Waals surface area contributed by atoms with Gasteiger partial charge in [0.05, 0.1) is 24.1 Å². The van der Waals surface area contributed by atoms with Gasteiger partial charge in [-0.15, -0.1) is 5.10 Å². The van der Waals surface area contributed by atoms with Gasteiger partial charge in [0.25, 0.3) is 0 Å². The van der Waals surface area contributed by atoms with Crippen LogP contribution in [0.15, 0.2) is 42.6 Å². The molecule has 4 aliphatic rings. The Balaban J connectivity index is 1.32. The van der Waals surface area contributed by atoms with Crippen LogP contribution in [-0.2, 0) is 14.9 Å². The molecular formula is C25H28N4O4. The number of aromatic nitrogens is 3. The molecule has 1 aliphatic carbocycles. The van der Waals surface area contributed by atoms with Crippen LogP contribution in [0.2, 0.25) is 0 Å². The molecule has 0 spiro atoms. The molecule has 3 saturated heterocycles. The van der Waals surface area contributed by atoms with E-state index in [0.717, 1.165) is 30.8 Å². The molecule has 8 heteroatoms. The molecule has 1 unspecified atom stereocenters. The quantitative estimate of drug-likeness (QED) is 0.619. The van der Waals surface area contributed by atoms with Gasteiger partial charge in [-0.1, -0.05) is 37.3 Å². The molecule has 2 N–H and O–H groups in total. The molecule has 3 aliphatic heterocycles. The van der Waals surface area contributed by atoms with E-state index in [-0.39, 0.29) is 12.0 Å². The molecular weight excluding hydrogens is 420 g/mol. The summed E-state index contributed by atoms with van der Waals surface area (Å²) in [5.74, 6) is -0.538. The molecule has 0 radical (unpaired) electrons. The molecule has 33 heavy (non-hydrogen) atoms. The fraction of sp³-hybridized carbons (Fsp3) is 0.480. The lowest BCUT2D eigenvalue weighted by Crippen LogP contribution is -2.51. The number of benzene rings is 1. The molecule has 5 heterocycles. The molecule has 1 aromatic carbocycles. The molecule has 0 amide bonds. The summed E-state index contributed by atoms with van der Waals surface area (Å²) >= 11 is 0. The fourth-order valence-corrected chi connectivity index (χ4v) is 6.13. The maximum absolute atomic E-state index is 12.1. The number of carboxylic acids is 1. The highest BCUT2D eigenvalue weighted by atomic mass is 16.5. The number of aliphatic carboxylic acids is 1. The summed E-state index contributed by atoms with van der Waals surface area (Å²) in [5, 5.41) is 24.3. The Hall–Kier alpha value is -2.97. The van der Waals surface area contributed by atoms with E-state index in [2.05, 4.69) is 52.2 Å². The number of pyridine rings is 1. The Morgan fingerprint density at radius 1 is 1.27 bits per heavy atom. The molecule has 2 atom stereocenters. The Morgan fingerprint density at radius 3 is 2.73 bits per heavy atom. The van der Waals surface area contributed by atoms with E-state index in [9.17, 15) is 15.0 Å². The maximum atomic E-state index is 12.1. The fourth-order valence-electron chi connectivity index (χ4n) is 6.13. The lowest BCUT2D eigenvalue weighted by molar-refractivity contribution is -0.156. The van der Waals surface area contributed by atoms with E-state index in [4.69, 9.17) is 4.74 Å². The third kappa shape index (κ3) is 2.87. The molecule has 1 saturated carbocycles. The average Bonchev–Trinajstić information content (AvgIpc) is 3.53. The maximum Gasteiger partial charge on any atom is 0.313 e. The van der Waals surface area contributed by atoms with Crippen molar-refractivity contribution in [3.8, 4) is 0 Å². The highest BCUT2D eigenvalue weighted by Crippen LogP contribution is 2.66. The minimum absolute atomic E-state index is 0.0861. The summed E-state index contributed by atoms with van der Waals surface area (Å²) < 4.78 is 7.77. The Morgan fingerprint density at radius 2 is 2.03 bits per heavy atom. The minimum atomic E-state index is -1.06. The van der Waals surface area contributed by atoms with Crippen LogP contribution in [-0.4, -0.2) is 56.1 Å². The summed E-state index contributed by atoms with van der Waals surface area (Å²) in [6.07, 6.45) is 2.88. The second kappa shape index (κ2) is 6.77. The Kier molecular flexibility index (Phi) is 4.23. The molecule has 7 rings (SSSR count). The van der Waals surface area contributed by atoms with Crippen LogP contribution >= 0.6 is 0 Å². The van der Waals surface area contributed by atoms with Gasteiger partial charge in [-0.2, -0.15) is 0 Å². The number of hydrogen-bond donors (Lipinski definition) is 2. The van der Waals surface area contributed by atoms with Crippen molar-refractivity contribution >= 4 is 17.3 Å². The number of carbonyl (C=O) groups is 1. The normalized spacial score (nSPS) is 32.9. The van der Waals surface area contributed by atoms with Crippen LogP contribution in [0.25, 0.3) is 5.65 Å². The van der Waals surface area contributed by atoms with Crippen molar-refractivity contribution in [3.05, 3.63) is 59.5 Å². The predicted molar refractivity (Wildman–Crippen MR) is 121 cm³/mol. The zero-order chi connectivity index (χ0) is 23.0. The summed E-state index contributed by atoms with van der Waals surface area (Å²) in [7, 11) is 0. The Labute approximate surface area is 191 Å². The van der Waals surface area contributed by atoms with Crippen molar-refractivity contribution in [2.75, 3.05) is 24.6 Å². The predicted octanol–water partition coefficient (Wildman–Crippen LogP) is 2.87. The number of hydrogen-bond acceptors (Lipinski definition) is 6. The van der Waals surface area contributed by atoms with Crippen LogP contribution in [0.4, 0.5) is 5.69 Å². The molecule has 3 aromatic rings. The first-order chi connectivity index (χ1) is 15.8. The van der Waals surface area contributed by atoms with Gasteiger partial charge in [-0.25, -0.2) is 9.50 Å². The Bertz CT molecular complexity index is 1250. The standard InChI is InChI=1S/C25H28N4O4/c1-16-10-18(28-9-8-23(2,14-28)17-6-4-3-5-7-17)11-29-21(16)26-20(27-29)19-25(22(31)32)12-24(13-25,15-30)33-19/h3-7,10-11,19,30H,8-9,12-15H2,1-2H3,(H,31,32)/t19?,23-,24?,25?/m0/s1. The van der Waals surface area contributed by atoms with E-state index in [1.54, 1.807) is 4.52 Å². The first kappa shape index (κ1) is 20.6. The van der Waals surface area contributed by atoms with Gasteiger partial charge < -0.3 is 19.8 Å². The number of carboxylic acid groups (broad SMARTS) is 1. The van der Waals surface area contributed by atoms with E-state index >= 15 is 0 Å². The van der Waals surface area contributed by atoms with Crippen molar-refractivity contribution in [1.82, 2.24) is 14.6 Å². The first-order valence-corrected chi connectivity index (χ1v) is 11.5. The van der Waals surface area contributed by atoms with Crippen LogP contribution < -0.4 is 4.90 Å². The lowest BCUT2D eigenvalue weighted by Gasteiger charge is -2.40. The van der Waals surface area contributed by atoms with Crippen molar-refractivity contribution in [2.45, 2.75) is 50.2 Å². The third-order valence-corrected chi connectivity index (χ3v) is 8.02. The van der Waals surface area contributed by atoms with Gasteiger partial charge in [0.1, 0.15) is 11.5 Å². The third-order valence-electron chi connectivity index (χ3n) is 8.02. The van der Waals surface area contributed by atoms with E-state index in [1.165, 1.54) is 5.56 Å². The molecule has 8 nitrogen and oxygen atoms in total.